The Balaban J connectivity index is 1.65. The van der Waals surface area contributed by atoms with Crippen LogP contribution >= 0.6 is 0 Å². The van der Waals surface area contributed by atoms with Crippen molar-refractivity contribution in [2.24, 2.45) is 5.10 Å². The Morgan fingerprint density at radius 2 is 1.77 bits per heavy atom. The van der Waals surface area contributed by atoms with Crippen LogP contribution in [0.5, 0.6) is 11.5 Å². The third-order valence-corrected chi connectivity index (χ3v) is 6.16. The Morgan fingerprint density at radius 1 is 1.03 bits per heavy atom. The van der Waals surface area contributed by atoms with Crippen molar-refractivity contribution in [3.63, 3.8) is 0 Å². The van der Waals surface area contributed by atoms with E-state index in [2.05, 4.69) is 36.1 Å². The van der Waals surface area contributed by atoms with Crippen molar-refractivity contribution in [1.82, 2.24) is 9.91 Å². The predicted octanol–water partition coefficient (Wildman–Crippen LogP) is 4.18. The predicted molar refractivity (Wildman–Crippen MR) is 122 cm³/mol. The van der Waals surface area contributed by atoms with Gasteiger partial charge >= 0.3 is 0 Å². The summed E-state index contributed by atoms with van der Waals surface area (Å²) in [7, 11) is 3.28. The highest BCUT2D eigenvalue weighted by Gasteiger charge is 2.35. The van der Waals surface area contributed by atoms with E-state index in [1.807, 2.05) is 18.2 Å². The van der Waals surface area contributed by atoms with Crippen molar-refractivity contribution in [1.29, 1.82) is 0 Å². The molecule has 6 heteroatoms. The van der Waals surface area contributed by atoms with Crippen LogP contribution in [0, 0.1) is 6.92 Å². The molecule has 0 bridgehead atoms. The Morgan fingerprint density at radius 3 is 2.45 bits per heavy atom. The molecule has 6 nitrogen and oxygen atoms in total. The first-order chi connectivity index (χ1) is 15.1. The molecule has 0 N–H and O–H groups in total. The zero-order valence-electron chi connectivity index (χ0n) is 18.6. The minimum atomic E-state index is -0.200. The lowest BCUT2D eigenvalue weighted by Gasteiger charge is -2.29. The minimum absolute atomic E-state index is 0.0342. The summed E-state index contributed by atoms with van der Waals surface area (Å²) in [6.07, 6.45) is 4.20. The summed E-state index contributed by atoms with van der Waals surface area (Å²) in [5.74, 6) is 1.47. The average molecular weight is 422 g/mol. The second-order valence-electron chi connectivity index (χ2n) is 8.32. The van der Waals surface area contributed by atoms with E-state index in [0.717, 1.165) is 48.5 Å². The average Bonchev–Trinajstić information content (AvgIpc) is 3.25. The number of likely N-dealkylation sites (tertiary alicyclic amines) is 1. The minimum Gasteiger partial charge on any atom is -0.497 e. The summed E-state index contributed by atoms with van der Waals surface area (Å²) in [6, 6.07) is 13.9. The third-order valence-electron chi connectivity index (χ3n) is 6.16. The van der Waals surface area contributed by atoms with Crippen molar-refractivity contribution >= 4 is 11.6 Å². The molecule has 1 fully saturated rings. The first-order valence-electron chi connectivity index (χ1n) is 11.0. The molecule has 0 radical (unpaired) electrons. The van der Waals surface area contributed by atoms with Crippen molar-refractivity contribution in [2.45, 2.75) is 38.6 Å². The Labute approximate surface area is 184 Å². The summed E-state index contributed by atoms with van der Waals surface area (Å²) in [5.41, 5.74) is 4.13. The zero-order valence-corrected chi connectivity index (χ0v) is 18.6. The quantitative estimate of drug-likeness (QED) is 0.702. The molecular formula is C25H31N3O3. The van der Waals surface area contributed by atoms with Gasteiger partial charge in [-0.2, -0.15) is 5.10 Å². The van der Waals surface area contributed by atoms with Crippen molar-refractivity contribution in [2.75, 3.05) is 33.9 Å². The van der Waals surface area contributed by atoms with E-state index in [-0.39, 0.29) is 11.9 Å². The summed E-state index contributed by atoms with van der Waals surface area (Å²) in [6.45, 7) is 4.43. The van der Waals surface area contributed by atoms with Gasteiger partial charge in [0, 0.05) is 18.1 Å². The lowest BCUT2D eigenvalue weighted by atomic mass is 9.97. The Kier molecular flexibility index (Phi) is 6.56. The van der Waals surface area contributed by atoms with Gasteiger partial charge in [0.15, 0.2) is 0 Å². The topological polar surface area (TPSA) is 54.4 Å². The molecule has 2 aromatic carbocycles. The van der Waals surface area contributed by atoms with Gasteiger partial charge in [-0.1, -0.05) is 36.2 Å². The second kappa shape index (κ2) is 9.52. The van der Waals surface area contributed by atoms with Crippen LogP contribution in [-0.2, 0) is 4.79 Å². The number of hydrogen-bond donors (Lipinski definition) is 0. The van der Waals surface area contributed by atoms with Gasteiger partial charge in [0.05, 0.1) is 32.5 Å². The van der Waals surface area contributed by atoms with E-state index < -0.39 is 0 Å². The van der Waals surface area contributed by atoms with Gasteiger partial charge in [0.2, 0.25) is 0 Å². The molecule has 0 saturated carbocycles. The molecule has 0 aromatic heterocycles. The zero-order chi connectivity index (χ0) is 21.8. The van der Waals surface area contributed by atoms with E-state index in [1.165, 1.54) is 12.0 Å². The van der Waals surface area contributed by atoms with Crippen LogP contribution in [0.2, 0.25) is 0 Å². The fraction of sp³-hybridized carbons (Fsp3) is 0.440. The van der Waals surface area contributed by atoms with Crippen LogP contribution in [0.3, 0.4) is 0 Å². The van der Waals surface area contributed by atoms with Crippen LogP contribution in [-0.4, -0.2) is 55.4 Å². The summed E-state index contributed by atoms with van der Waals surface area (Å²) in [5, 5.41) is 6.49. The Bertz CT molecular complexity index is 949. The Hall–Kier alpha value is -2.86. The smallest absolute Gasteiger partial charge is 0.257 e. The lowest BCUT2D eigenvalue weighted by molar-refractivity contribution is -0.134. The van der Waals surface area contributed by atoms with Crippen molar-refractivity contribution < 1.29 is 14.3 Å². The molecule has 0 aliphatic carbocycles. The fourth-order valence-corrected chi connectivity index (χ4v) is 4.38. The molecule has 1 atom stereocenters. The number of carbonyl (C=O) groups is 1. The molecule has 1 amide bonds. The number of amides is 1. The van der Waals surface area contributed by atoms with Gasteiger partial charge in [-0.3, -0.25) is 9.69 Å². The number of ether oxygens (including phenoxy) is 2. The molecule has 2 aromatic rings. The molecule has 1 unspecified atom stereocenters. The van der Waals surface area contributed by atoms with E-state index in [4.69, 9.17) is 14.6 Å². The van der Waals surface area contributed by atoms with Crippen molar-refractivity contribution in [3.8, 4) is 11.5 Å². The van der Waals surface area contributed by atoms with Crippen LogP contribution in [0.15, 0.2) is 47.6 Å². The van der Waals surface area contributed by atoms with Gasteiger partial charge in [-0.25, -0.2) is 5.01 Å². The number of hydrazone groups is 1. The number of nitrogens with zero attached hydrogens (tertiary/aromatic N) is 3. The van der Waals surface area contributed by atoms with Gasteiger partial charge in [0.1, 0.15) is 11.5 Å². The number of methoxy groups -OCH3 is 2. The van der Waals surface area contributed by atoms with Crippen molar-refractivity contribution in [3.05, 3.63) is 59.2 Å². The fourth-order valence-electron chi connectivity index (χ4n) is 4.38. The largest absolute Gasteiger partial charge is 0.497 e. The molecule has 2 heterocycles. The molecule has 0 spiro atoms. The maximum absolute atomic E-state index is 13.4. The first kappa shape index (κ1) is 21.4. The lowest BCUT2D eigenvalue weighted by Crippen LogP contribution is -2.40. The summed E-state index contributed by atoms with van der Waals surface area (Å²) >= 11 is 0. The summed E-state index contributed by atoms with van der Waals surface area (Å²) in [4.78, 5) is 15.6. The monoisotopic (exact) mass is 421 g/mol. The number of aryl methyl sites for hydroxylation is 1. The number of piperidine rings is 1. The number of benzene rings is 2. The molecule has 31 heavy (non-hydrogen) atoms. The standard InChI is InChI=1S/C25H31N3O3/c1-18-7-9-19(10-8-18)22-16-23(21-12-11-20(30-2)15-24(21)31-3)28(26-22)25(29)17-27-13-5-4-6-14-27/h7-12,15,23H,4-6,13-14,16-17H2,1-3H3. The second-order valence-corrected chi connectivity index (χ2v) is 8.32. The number of hydrogen-bond acceptors (Lipinski definition) is 5. The van der Waals surface area contributed by atoms with Gasteiger partial charge in [-0.05, 0) is 50.6 Å². The summed E-state index contributed by atoms with van der Waals surface area (Å²) < 4.78 is 11.0. The molecule has 2 aliphatic heterocycles. The molecule has 4 rings (SSSR count). The van der Waals surface area contributed by atoms with Crippen LogP contribution in [0.25, 0.3) is 0 Å². The molecule has 1 saturated heterocycles. The molecule has 164 valence electrons. The van der Waals surface area contributed by atoms with E-state index in [1.54, 1.807) is 19.2 Å². The highest BCUT2D eigenvalue weighted by atomic mass is 16.5. The number of carbonyl (C=O) groups excluding carboxylic acids is 1. The van der Waals surface area contributed by atoms with Gasteiger partial charge < -0.3 is 9.47 Å². The van der Waals surface area contributed by atoms with E-state index >= 15 is 0 Å². The highest BCUT2D eigenvalue weighted by Crippen LogP contribution is 2.39. The first-order valence-corrected chi connectivity index (χ1v) is 11.0. The van der Waals surface area contributed by atoms with Crippen LogP contribution < -0.4 is 9.47 Å². The van der Waals surface area contributed by atoms with Crippen LogP contribution in [0.1, 0.15) is 48.4 Å². The maximum atomic E-state index is 13.4. The van der Waals surface area contributed by atoms with E-state index in [9.17, 15) is 4.79 Å². The van der Waals surface area contributed by atoms with Crippen LogP contribution in [0.4, 0.5) is 0 Å². The van der Waals surface area contributed by atoms with Gasteiger partial charge in [0.25, 0.3) is 5.91 Å². The maximum Gasteiger partial charge on any atom is 0.257 e. The SMILES string of the molecule is COc1ccc(C2CC(c3ccc(C)cc3)=NN2C(=O)CN2CCCCC2)c(OC)c1. The number of rotatable bonds is 6. The normalized spacial score (nSPS) is 19.3. The third kappa shape index (κ3) is 4.74. The molecular weight excluding hydrogens is 390 g/mol. The van der Waals surface area contributed by atoms with Gasteiger partial charge in [-0.15, -0.1) is 0 Å². The molecule has 2 aliphatic rings. The highest BCUT2D eigenvalue weighted by molar-refractivity contribution is 6.03. The van der Waals surface area contributed by atoms with E-state index in [0.29, 0.717) is 18.7 Å².